The van der Waals surface area contributed by atoms with Crippen LogP contribution in [0.2, 0.25) is 5.02 Å². The van der Waals surface area contributed by atoms with Crippen molar-refractivity contribution in [3.05, 3.63) is 64.1 Å². The third kappa shape index (κ3) is 5.98. The van der Waals surface area contributed by atoms with Crippen molar-refractivity contribution in [1.29, 1.82) is 0 Å². The molecule has 1 aromatic carbocycles. The number of aromatic nitrogens is 4. The van der Waals surface area contributed by atoms with Crippen LogP contribution in [0.15, 0.2) is 36.5 Å². The summed E-state index contributed by atoms with van der Waals surface area (Å²) in [5, 5.41) is 14.1. The number of hydrogen-bond acceptors (Lipinski definition) is 3. The number of anilines is 1. The summed E-state index contributed by atoms with van der Waals surface area (Å²) in [6, 6.07) is 9.92. The Labute approximate surface area is 188 Å². The van der Waals surface area contributed by atoms with E-state index in [0.29, 0.717) is 30.4 Å². The zero-order valence-corrected chi connectivity index (χ0v) is 18.6. The van der Waals surface area contributed by atoms with Gasteiger partial charge in [0.05, 0.1) is 17.3 Å². The number of alkyl halides is 3. The first-order valence-electron chi connectivity index (χ1n) is 9.58. The van der Waals surface area contributed by atoms with E-state index in [-0.39, 0.29) is 17.3 Å². The molecule has 31 heavy (non-hydrogen) atoms. The van der Waals surface area contributed by atoms with Gasteiger partial charge in [0.1, 0.15) is 0 Å². The van der Waals surface area contributed by atoms with Crippen molar-refractivity contribution in [3.63, 3.8) is 0 Å². The average molecular weight is 471 g/mol. The minimum Gasteiger partial charge on any atom is -0.362 e. The molecule has 0 atom stereocenters. The molecule has 3 rings (SSSR count). The molecule has 6 nitrogen and oxygen atoms in total. The van der Waals surface area contributed by atoms with Crippen LogP contribution in [0.5, 0.6) is 0 Å². The van der Waals surface area contributed by atoms with Gasteiger partial charge in [0.2, 0.25) is 0 Å². The topological polar surface area (TPSA) is 59.7 Å². The second kappa shape index (κ2) is 9.69. The maximum Gasteiger partial charge on any atom is 0.436 e. The van der Waals surface area contributed by atoms with Crippen molar-refractivity contribution >= 4 is 34.7 Å². The summed E-state index contributed by atoms with van der Waals surface area (Å²) in [5.74, 6) is 0.607. The van der Waals surface area contributed by atoms with E-state index in [1.165, 1.54) is 22.7 Å². The molecule has 2 heterocycles. The minimum absolute atomic E-state index is 0.280. The fraction of sp³-hybridized carbons (Fsp3) is 0.350. The van der Waals surface area contributed by atoms with Crippen LogP contribution in [0.3, 0.4) is 0 Å². The van der Waals surface area contributed by atoms with Crippen molar-refractivity contribution in [2.24, 2.45) is 0 Å². The summed E-state index contributed by atoms with van der Waals surface area (Å²) in [6.07, 6.45) is -2.20. The predicted octanol–water partition coefficient (Wildman–Crippen LogP) is 4.79. The van der Waals surface area contributed by atoms with Gasteiger partial charge in [-0.1, -0.05) is 35.9 Å². The molecule has 0 unspecified atom stereocenters. The van der Waals surface area contributed by atoms with Gasteiger partial charge in [-0.15, -0.1) is 0 Å². The van der Waals surface area contributed by atoms with Crippen LogP contribution in [0, 0.1) is 13.8 Å². The van der Waals surface area contributed by atoms with Gasteiger partial charge in [-0.3, -0.25) is 9.36 Å². The molecular formula is C20H22ClF3N6S. The molecule has 2 aromatic heterocycles. The van der Waals surface area contributed by atoms with Gasteiger partial charge in [0.25, 0.3) is 0 Å². The van der Waals surface area contributed by atoms with Gasteiger partial charge in [-0.2, -0.15) is 23.4 Å². The lowest BCUT2D eigenvalue weighted by Crippen LogP contribution is -2.30. The number of benzene rings is 1. The average Bonchev–Trinajstić information content (AvgIpc) is 3.25. The lowest BCUT2D eigenvalue weighted by atomic mass is 10.1. The van der Waals surface area contributed by atoms with E-state index in [4.69, 9.17) is 23.8 Å². The van der Waals surface area contributed by atoms with Gasteiger partial charge in [0, 0.05) is 25.4 Å². The van der Waals surface area contributed by atoms with E-state index in [2.05, 4.69) is 39.9 Å². The molecule has 0 aliphatic carbocycles. The highest BCUT2D eigenvalue weighted by Crippen LogP contribution is 2.35. The van der Waals surface area contributed by atoms with Crippen LogP contribution < -0.4 is 10.6 Å². The lowest BCUT2D eigenvalue weighted by Gasteiger charge is -2.09. The highest BCUT2D eigenvalue weighted by molar-refractivity contribution is 7.80. The van der Waals surface area contributed by atoms with Crippen LogP contribution in [-0.4, -0.2) is 31.2 Å². The van der Waals surface area contributed by atoms with Crippen molar-refractivity contribution in [2.75, 3.05) is 11.9 Å². The zero-order chi connectivity index (χ0) is 22.6. The summed E-state index contributed by atoms with van der Waals surface area (Å²) in [4.78, 5) is 0. The van der Waals surface area contributed by atoms with Crippen molar-refractivity contribution in [1.82, 2.24) is 24.9 Å². The summed E-state index contributed by atoms with van der Waals surface area (Å²) in [5.41, 5.74) is 1.60. The van der Waals surface area contributed by atoms with Crippen LogP contribution in [-0.2, 0) is 19.3 Å². The molecule has 166 valence electrons. The van der Waals surface area contributed by atoms with E-state index in [0.717, 1.165) is 0 Å². The third-order valence-corrected chi connectivity index (χ3v) is 5.41. The molecule has 0 aliphatic rings. The first kappa shape index (κ1) is 23.1. The maximum atomic E-state index is 12.9. The first-order chi connectivity index (χ1) is 14.6. The minimum atomic E-state index is -4.57. The van der Waals surface area contributed by atoms with E-state index in [9.17, 15) is 13.2 Å². The smallest absolute Gasteiger partial charge is 0.362 e. The lowest BCUT2D eigenvalue weighted by molar-refractivity contribution is -0.141. The van der Waals surface area contributed by atoms with E-state index >= 15 is 0 Å². The van der Waals surface area contributed by atoms with E-state index in [1.54, 1.807) is 0 Å². The van der Waals surface area contributed by atoms with Gasteiger partial charge < -0.3 is 10.6 Å². The van der Waals surface area contributed by atoms with Crippen LogP contribution in [0.25, 0.3) is 0 Å². The second-order valence-electron chi connectivity index (χ2n) is 7.03. The Kier molecular flexibility index (Phi) is 7.22. The second-order valence-corrected chi connectivity index (χ2v) is 7.81. The van der Waals surface area contributed by atoms with E-state index < -0.39 is 11.9 Å². The monoisotopic (exact) mass is 470 g/mol. The Morgan fingerprint density at radius 2 is 1.90 bits per heavy atom. The number of aryl methyl sites for hydroxylation is 2. The fourth-order valence-corrected chi connectivity index (χ4v) is 3.44. The molecule has 3 aromatic rings. The number of hydrogen-bond donors (Lipinski definition) is 2. The Bertz CT molecular complexity index is 1060. The Morgan fingerprint density at radius 1 is 1.16 bits per heavy atom. The summed E-state index contributed by atoms with van der Waals surface area (Å²) in [7, 11) is 0. The molecule has 0 saturated heterocycles. The molecule has 0 spiro atoms. The highest BCUT2D eigenvalue weighted by Gasteiger charge is 2.38. The van der Waals surface area contributed by atoms with Gasteiger partial charge >= 0.3 is 6.18 Å². The van der Waals surface area contributed by atoms with Gasteiger partial charge in [-0.25, -0.2) is 0 Å². The Balaban J connectivity index is 1.45. The van der Waals surface area contributed by atoms with Crippen LogP contribution >= 0.6 is 23.8 Å². The predicted molar refractivity (Wildman–Crippen MR) is 118 cm³/mol. The summed E-state index contributed by atoms with van der Waals surface area (Å²) in [6.45, 7) is 4.95. The third-order valence-electron chi connectivity index (χ3n) is 4.71. The van der Waals surface area contributed by atoms with Crippen LogP contribution in [0.1, 0.15) is 28.9 Å². The van der Waals surface area contributed by atoms with E-state index in [1.807, 2.05) is 29.1 Å². The number of rotatable bonds is 7. The Hall–Kier alpha value is -2.59. The molecule has 0 fully saturated rings. The quantitative estimate of drug-likeness (QED) is 0.384. The molecule has 0 aliphatic heterocycles. The molecule has 2 N–H and O–H groups in total. The highest BCUT2D eigenvalue weighted by atomic mass is 35.5. The van der Waals surface area contributed by atoms with Gasteiger partial charge in [-0.05, 0) is 43.6 Å². The maximum absolute atomic E-state index is 12.9. The number of nitrogens with one attached hydrogen (secondary N) is 2. The molecule has 0 bridgehead atoms. The number of halogens is 4. The van der Waals surface area contributed by atoms with Crippen molar-refractivity contribution in [2.45, 2.75) is 39.5 Å². The normalized spacial score (nSPS) is 11.5. The van der Waals surface area contributed by atoms with Crippen molar-refractivity contribution < 1.29 is 13.2 Å². The number of nitrogens with zero attached hydrogens (tertiary/aromatic N) is 4. The standard InChI is InChI=1S/C20H22ClF3N6S/c1-13-6-3-4-7-15(13)12-29-11-8-16(27-29)26-19(31)25-9-5-10-30-14(2)17(21)18(28-30)20(22,23)24/h3-4,6-8,11H,5,9-10,12H2,1-2H3,(H2,25,26,27,31). The molecule has 0 radical (unpaired) electrons. The van der Waals surface area contributed by atoms with Crippen molar-refractivity contribution in [3.8, 4) is 0 Å². The molecular weight excluding hydrogens is 449 g/mol. The molecule has 0 saturated carbocycles. The zero-order valence-electron chi connectivity index (χ0n) is 17.0. The summed E-state index contributed by atoms with van der Waals surface area (Å²) < 4.78 is 41.7. The van der Waals surface area contributed by atoms with Crippen LogP contribution in [0.4, 0.5) is 19.0 Å². The first-order valence-corrected chi connectivity index (χ1v) is 10.4. The SMILES string of the molecule is Cc1ccccc1Cn1ccc(NC(=S)NCCCn2nc(C(F)(F)F)c(Cl)c2C)n1. The fourth-order valence-electron chi connectivity index (χ4n) is 2.99. The molecule has 0 amide bonds. The Morgan fingerprint density at radius 3 is 2.58 bits per heavy atom. The molecule has 11 heteroatoms. The number of thiocarbonyl (C=S) groups is 1. The summed E-state index contributed by atoms with van der Waals surface area (Å²) >= 11 is 11.0. The largest absolute Gasteiger partial charge is 0.436 e. The van der Waals surface area contributed by atoms with Gasteiger partial charge in [0.15, 0.2) is 16.6 Å².